The number of rotatable bonds is 2. The molecule has 2 aromatic rings. The Morgan fingerprint density at radius 1 is 1.42 bits per heavy atom. The van der Waals surface area contributed by atoms with Crippen LogP contribution in [-0.4, -0.2) is 53.4 Å². The number of hydrogen-bond donors (Lipinski definition) is 2. The van der Waals surface area contributed by atoms with Crippen LogP contribution in [0.5, 0.6) is 5.75 Å². The first-order valence-corrected chi connectivity index (χ1v) is 9.67. The lowest BCUT2D eigenvalue weighted by atomic mass is 10.1. The Morgan fingerprint density at radius 3 is 3.00 bits per heavy atom. The number of carbonyl (C=O) groups is 1. The summed E-state index contributed by atoms with van der Waals surface area (Å²) in [6, 6.07) is 3.85. The van der Waals surface area contributed by atoms with Crippen LogP contribution in [-0.2, 0) is 11.2 Å². The SMILES string of the molecule is CC(C)(C)OC(=O)N1CC(Nc2nc3c4c(ccc3s2)OCC4)[C@@H](N)C1. The molecule has 1 aromatic carbocycles. The lowest BCUT2D eigenvalue weighted by Crippen LogP contribution is -2.38. The number of nitrogens with zero attached hydrogens (tertiary/aromatic N) is 2. The molecule has 26 heavy (non-hydrogen) atoms. The molecule has 0 radical (unpaired) electrons. The van der Waals surface area contributed by atoms with E-state index in [1.807, 2.05) is 32.9 Å². The van der Waals surface area contributed by atoms with Crippen molar-refractivity contribution in [3.8, 4) is 5.75 Å². The van der Waals surface area contributed by atoms with Crippen molar-refractivity contribution in [3.05, 3.63) is 17.7 Å². The summed E-state index contributed by atoms with van der Waals surface area (Å²) >= 11 is 1.60. The number of hydrogen-bond acceptors (Lipinski definition) is 7. The van der Waals surface area contributed by atoms with Crippen molar-refractivity contribution in [2.24, 2.45) is 5.73 Å². The van der Waals surface area contributed by atoms with Crippen LogP contribution in [0.3, 0.4) is 0 Å². The minimum Gasteiger partial charge on any atom is -0.493 e. The molecule has 1 unspecified atom stereocenters. The maximum Gasteiger partial charge on any atom is 0.410 e. The summed E-state index contributed by atoms with van der Waals surface area (Å²) in [6.07, 6.45) is 0.571. The van der Waals surface area contributed by atoms with E-state index in [1.54, 1.807) is 16.2 Å². The lowest BCUT2D eigenvalue weighted by molar-refractivity contribution is 0.0291. The third-order valence-corrected chi connectivity index (χ3v) is 5.51. The van der Waals surface area contributed by atoms with Gasteiger partial charge in [0.15, 0.2) is 5.13 Å². The summed E-state index contributed by atoms with van der Waals surface area (Å²) in [6.45, 7) is 7.28. The van der Waals surface area contributed by atoms with Gasteiger partial charge in [-0.3, -0.25) is 0 Å². The highest BCUT2D eigenvalue weighted by Gasteiger charge is 2.35. The molecule has 3 heterocycles. The number of ether oxygens (including phenoxy) is 2. The monoisotopic (exact) mass is 376 g/mol. The molecule has 7 nitrogen and oxygen atoms in total. The quantitative estimate of drug-likeness (QED) is 0.837. The van der Waals surface area contributed by atoms with Gasteiger partial charge in [-0.25, -0.2) is 9.78 Å². The average molecular weight is 376 g/mol. The Kier molecular flexibility index (Phi) is 4.19. The van der Waals surface area contributed by atoms with Crippen LogP contribution in [0.1, 0.15) is 26.3 Å². The normalized spacial score (nSPS) is 22.4. The number of fused-ring (bicyclic) bond motifs is 3. The van der Waals surface area contributed by atoms with Gasteiger partial charge < -0.3 is 25.4 Å². The van der Waals surface area contributed by atoms with Gasteiger partial charge in [-0.05, 0) is 32.9 Å². The standard InChI is InChI=1S/C18H24N4O3S/c1-18(2,3)25-17(23)22-8-11(19)12(9-22)20-16-21-15-10-6-7-24-13(10)4-5-14(15)26-16/h4-5,11-12H,6-9,19H2,1-3H3,(H,20,21)/t11-,12?/m0/s1. The fraction of sp³-hybridized carbons (Fsp3) is 0.556. The molecule has 0 aliphatic carbocycles. The molecule has 1 fully saturated rings. The largest absolute Gasteiger partial charge is 0.493 e. The minimum absolute atomic E-state index is 0.0487. The van der Waals surface area contributed by atoms with Crippen molar-refractivity contribution in [1.82, 2.24) is 9.88 Å². The van der Waals surface area contributed by atoms with E-state index in [9.17, 15) is 4.79 Å². The maximum absolute atomic E-state index is 12.3. The number of carbonyl (C=O) groups excluding carboxylic acids is 1. The summed E-state index contributed by atoms with van der Waals surface area (Å²) in [7, 11) is 0. The van der Waals surface area contributed by atoms with Crippen LogP contribution >= 0.6 is 11.3 Å². The highest BCUT2D eigenvalue weighted by atomic mass is 32.1. The van der Waals surface area contributed by atoms with E-state index in [-0.39, 0.29) is 18.2 Å². The highest BCUT2D eigenvalue weighted by molar-refractivity contribution is 7.22. The van der Waals surface area contributed by atoms with E-state index in [1.165, 1.54) is 5.56 Å². The first kappa shape index (κ1) is 17.4. The van der Waals surface area contributed by atoms with Gasteiger partial charge in [-0.2, -0.15) is 0 Å². The molecule has 4 rings (SSSR count). The lowest BCUT2D eigenvalue weighted by Gasteiger charge is -2.24. The minimum atomic E-state index is -0.512. The molecule has 0 bridgehead atoms. The van der Waals surface area contributed by atoms with Crippen LogP contribution in [0.25, 0.3) is 10.2 Å². The third kappa shape index (κ3) is 3.31. The van der Waals surface area contributed by atoms with Crippen molar-refractivity contribution in [1.29, 1.82) is 0 Å². The van der Waals surface area contributed by atoms with E-state index in [4.69, 9.17) is 20.2 Å². The van der Waals surface area contributed by atoms with E-state index in [2.05, 4.69) is 5.32 Å². The Labute approximate surface area is 156 Å². The fourth-order valence-corrected chi connectivity index (χ4v) is 4.30. The third-order valence-electron chi connectivity index (χ3n) is 4.56. The number of likely N-dealkylation sites (tertiary alicyclic amines) is 1. The zero-order valence-electron chi connectivity index (χ0n) is 15.2. The zero-order valence-corrected chi connectivity index (χ0v) is 16.1. The smallest absolute Gasteiger partial charge is 0.410 e. The summed E-state index contributed by atoms with van der Waals surface area (Å²) in [5.74, 6) is 0.933. The summed E-state index contributed by atoms with van der Waals surface area (Å²) in [5, 5.41) is 4.24. The molecule has 3 N–H and O–H groups in total. The second kappa shape index (κ2) is 6.28. The molecular weight excluding hydrogens is 352 g/mol. The summed E-state index contributed by atoms with van der Waals surface area (Å²) in [5.41, 5.74) is 7.92. The van der Waals surface area contributed by atoms with Crippen molar-refractivity contribution < 1.29 is 14.3 Å². The second-order valence-electron chi connectivity index (χ2n) is 7.81. The molecule has 1 amide bonds. The molecule has 1 saturated heterocycles. The van der Waals surface area contributed by atoms with Gasteiger partial charge in [0.1, 0.15) is 11.4 Å². The van der Waals surface area contributed by atoms with Crippen LogP contribution in [0.4, 0.5) is 9.93 Å². The van der Waals surface area contributed by atoms with E-state index in [0.717, 1.165) is 27.5 Å². The molecule has 2 aliphatic rings. The zero-order chi connectivity index (χ0) is 18.5. The van der Waals surface area contributed by atoms with Crippen molar-refractivity contribution in [3.63, 3.8) is 0 Å². The first-order chi connectivity index (χ1) is 12.3. The Morgan fingerprint density at radius 2 is 2.23 bits per heavy atom. The predicted molar refractivity (Wildman–Crippen MR) is 102 cm³/mol. The number of amides is 1. The van der Waals surface area contributed by atoms with Gasteiger partial charge >= 0.3 is 6.09 Å². The van der Waals surface area contributed by atoms with E-state index in [0.29, 0.717) is 19.7 Å². The molecule has 0 saturated carbocycles. The van der Waals surface area contributed by atoms with Crippen LogP contribution in [0.2, 0.25) is 0 Å². The number of nitrogens with two attached hydrogens (primary N) is 1. The average Bonchev–Trinajstić information content (AvgIpc) is 3.23. The van der Waals surface area contributed by atoms with E-state index >= 15 is 0 Å². The van der Waals surface area contributed by atoms with Gasteiger partial charge in [0.2, 0.25) is 0 Å². The number of aromatic nitrogens is 1. The Balaban J connectivity index is 1.47. The molecule has 8 heteroatoms. The maximum atomic E-state index is 12.3. The topological polar surface area (TPSA) is 89.7 Å². The van der Waals surface area contributed by atoms with Crippen LogP contribution < -0.4 is 15.8 Å². The molecule has 140 valence electrons. The summed E-state index contributed by atoms with van der Waals surface area (Å²) in [4.78, 5) is 18.7. The number of nitrogens with one attached hydrogen (secondary N) is 1. The molecule has 0 spiro atoms. The molecule has 1 aromatic heterocycles. The molecule has 2 atom stereocenters. The predicted octanol–water partition coefficient (Wildman–Crippen LogP) is 2.59. The Hall–Kier alpha value is -2.06. The number of thiazole rings is 1. The number of benzene rings is 1. The van der Waals surface area contributed by atoms with Gasteiger partial charge in [0.25, 0.3) is 0 Å². The number of anilines is 1. The highest BCUT2D eigenvalue weighted by Crippen LogP contribution is 2.36. The van der Waals surface area contributed by atoms with Gasteiger partial charge in [0.05, 0.1) is 22.9 Å². The van der Waals surface area contributed by atoms with Crippen molar-refractivity contribution in [2.75, 3.05) is 25.0 Å². The fourth-order valence-electron chi connectivity index (χ4n) is 3.35. The Bertz CT molecular complexity index is 845. The van der Waals surface area contributed by atoms with Gasteiger partial charge in [-0.1, -0.05) is 11.3 Å². The van der Waals surface area contributed by atoms with Crippen molar-refractivity contribution >= 4 is 32.8 Å². The van der Waals surface area contributed by atoms with Gasteiger partial charge in [0, 0.05) is 31.1 Å². The first-order valence-electron chi connectivity index (χ1n) is 8.85. The van der Waals surface area contributed by atoms with Gasteiger partial charge in [-0.15, -0.1) is 0 Å². The van der Waals surface area contributed by atoms with Crippen LogP contribution in [0, 0.1) is 0 Å². The summed E-state index contributed by atoms with van der Waals surface area (Å²) < 4.78 is 12.2. The van der Waals surface area contributed by atoms with Crippen molar-refractivity contribution in [2.45, 2.75) is 44.9 Å². The molecular formula is C18H24N4O3S. The van der Waals surface area contributed by atoms with Crippen LogP contribution in [0.15, 0.2) is 12.1 Å². The van der Waals surface area contributed by atoms with E-state index < -0.39 is 5.60 Å². The second-order valence-corrected chi connectivity index (χ2v) is 8.84. The molecule has 2 aliphatic heterocycles.